The molecule has 1 N–H and O–H groups in total. The van der Waals surface area contributed by atoms with Crippen molar-refractivity contribution in [1.29, 1.82) is 0 Å². The van der Waals surface area contributed by atoms with Gasteiger partial charge in [0.15, 0.2) is 0 Å². The van der Waals surface area contributed by atoms with Gasteiger partial charge in [0.2, 0.25) is 0 Å². The summed E-state index contributed by atoms with van der Waals surface area (Å²) in [7, 11) is 0. The summed E-state index contributed by atoms with van der Waals surface area (Å²) in [5.41, 5.74) is 3.83. The summed E-state index contributed by atoms with van der Waals surface area (Å²) >= 11 is 0. The second-order valence-electron chi connectivity index (χ2n) is 9.00. The van der Waals surface area contributed by atoms with Crippen LogP contribution in [0, 0.1) is 12.3 Å². The quantitative estimate of drug-likeness (QED) is 0.631. The molecule has 0 aliphatic heterocycles. The van der Waals surface area contributed by atoms with Crippen LogP contribution in [0.15, 0.2) is 18.3 Å². The number of rotatable bonds is 7. The molecule has 0 unspecified atom stereocenters. The summed E-state index contributed by atoms with van der Waals surface area (Å²) in [6.07, 6.45) is 7.99. The van der Waals surface area contributed by atoms with Crippen molar-refractivity contribution in [1.82, 2.24) is 9.38 Å². The Balaban J connectivity index is 2.38. The van der Waals surface area contributed by atoms with E-state index in [-0.39, 0.29) is 11.0 Å². The summed E-state index contributed by atoms with van der Waals surface area (Å²) in [6.45, 7) is 15.9. The summed E-state index contributed by atoms with van der Waals surface area (Å²) in [4.78, 5) is 4.97. The number of fused-ring (bicyclic) bond motifs is 1. The van der Waals surface area contributed by atoms with Gasteiger partial charge in [-0.2, -0.15) is 0 Å². The number of nitrogens with one attached hydrogen (secondary N) is 1. The highest BCUT2D eigenvalue weighted by Gasteiger charge is 2.27. The normalized spacial score (nSPS) is 12.8. The van der Waals surface area contributed by atoms with Gasteiger partial charge in [0, 0.05) is 11.7 Å². The van der Waals surface area contributed by atoms with Crippen molar-refractivity contribution in [3.05, 3.63) is 29.6 Å². The number of imidazole rings is 1. The van der Waals surface area contributed by atoms with Crippen molar-refractivity contribution < 1.29 is 0 Å². The van der Waals surface area contributed by atoms with E-state index in [0.717, 1.165) is 18.5 Å². The first kappa shape index (κ1) is 18.8. The van der Waals surface area contributed by atoms with E-state index in [9.17, 15) is 0 Å². The van der Waals surface area contributed by atoms with Crippen LogP contribution in [0.25, 0.3) is 5.65 Å². The van der Waals surface area contributed by atoms with Gasteiger partial charge in [0.1, 0.15) is 11.5 Å². The highest BCUT2D eigenvalue weighted by molar-refractivity contribution is 5.59. The maximum atomic E-state index is 4.97. The molecule has 0 amide bonds. The van der Waals surface area contributed by atoms with Gasteiger partial charge in [0.05, 0.1) is 5.69 Å². The first-order valence-electron chi connectivity index (χ1n) is 9.38. The van der Waals surface area contributed by atoms with E-state index in [1.54, 1.807) is 0 Å². The Labute approximate surface area is 147 Å². The SMILES string of the molecule is CCCCCc1nc2c(C)cccn2c1NC(C)(C)CC(C)(C)C. The molecule has 134 valence electrons. The molecule has 2 aromatic rings. The van der Waals surface area contributed by atoms with E-state index in [1.807, 2.05) is 0 Å². The molecule has 2 rings (SSSR count). The molecule has 0 aliphatic rings. The highest BCUT2D eigenvalue weighted by Crippen LogP contribution is 2.32. The highest BCUT2D eigenvalue weighted by atomic mass is 15.2. The topological polar surface area (TPSA) is 29.3 Å². The van der Waals surface area contributed by atoms with Gasteiger partial charge in [-0.3, -0.25) is 4.40 Å². The minimum atomic E-state index is 0.0253. The van der Waals surface area contributed by atoms with E-state index in [1.165, 1.54) is 36.3 Å². The maximum Gasteiger partial charge on any atom is 0.141 e. The minimum Gasteiger partial charge on any atom is -0.365 e. The Morgan fingerprint density at radius 1 is 1.12 bits per heavy atom. The van der Waals surface area contributed by atoms with Crippen LogP contribution in [0.1, 0.15) is 78.5 Å². The molecular weight excluding hydrogens is 294 g/mol. The number of hydrogen-bond acceptors (Lipinski definition) is 2. The fourth-order valence-electron chi connectivity index (χ4n) is 3.79. The Kier molecular flexibility index (Phi) is 5.62. The number of anilines is 1. The van der Waals surface area contributed by atoms with Gasteiger partial charge in [-0.15, -0.1) is 0 Å². The van der Waals surface area contributed by atoms with Crippen LogP contribution >= 0.6 is 0 Å². The van der Waals surface area contributed by atoms with Crippen LogP contribution in [0.5, 0.6) is 0 Å². The van der Waals surface area contributed by atoms with Gasteiger partial charge < -0.3 is 5.32 Å². The second kappa shape index (κ2) is 7.16. The average Bonchev–Trinajstić information content (AvgIpc) is 2.76. The van der Waals surface area contributed by atoms with Crippen molar-refractivity contribution in [3.8, 4) is 0 Å². The Bertz CT molecular complexity index is 674. The minimum absolute atomic E-state index is 0.0253. The van der Waals surface area contributed by atoms with Crippen LogP contribution in [0.2, 0.25) is 0 Å². The van der Waals surface area contributed by atoms with Crippen molar-refractivity contribution in [2.75, 3.05) is 5.32 Å². The fourth-order valence-corrected chi connectivity index (χ4v) is 3.79. The van der Waals surface area contributed by atoms with Gasteiger partial charge >= 0.3 is 0 Å². The summed E-state index contributed by atoms with van der Waals surface area (Å²) in [5, 5.41) is 3.82. The predicted octanol–water partition coefficient (Wildman–Crippen LogP) is 6.00. The average molecular weight is 330 g/mol. The molecule has 0 aromatic carbocycles. The van der Waals surface area contributed by atoms with Crippen LogP contribution in [0.3, 0.4) is 0 Å². The van der Waals surface area contributed by atoms with Gasteiger partial charge in [-0.1, -0.05) is 46.6 Å². The number of aryl methyl sites for hydroxylation is 2. The third-order valence-corrected chi connectivity index (χ3v) is 4.36. The number of hydrogen-bond donors (Lipinski definition) is 1. The summed E-state index contributed by atoms with van der Waals surface area (Å²) < 4.78 is 2.24. The number of pyridine rings is 1. The zero-order valence-corrected chi connectivity index (χ0v) is 16.7. The molecule has 3 nitrogen and oxygen atoms in total. The Morgan fingerprint density at radius 2 is 1.83 bits per heavy atom. The lowest BCUT2D eigenvalue weighted by atomic mass is 9.82. The molecule has 2 heterocycles. The van der Waals surface area contributed by atoms with E-state index in [2.05, 4.69) is 76.5 Å². The van der Waals surface area contributed by atoms with Gasteiger partial charge in [-0.25, -0.2) is 4.98 Å². The van der Waals surface area contributed by atoms with Gasteiger partial charge in [0.25, 0.3) is 0 Å². The monoisotopic (exact) mass is 329 g/mol. The van der Waals surface area contributed by atoms with Crippen LogP contribution in [-0.4, -0.2) is 14.9 Å². The van der Waals surface area contributed by atoms with Crippen molar-refractivity contribution >= 4 is 11.5 Å². The van der Waals surface area contributed by atoms with E-state index < -0.39 is 0 Å². The standard InChI is InChI=1S/C21H35N3/c1-8-9-10-13-17-19(23-21(6,7)15-20(3,4)5)24-14-11-12-16(2)18(24)22-17/h11-12,14,23H,8-10,13,15H2,1-7H3. The summed E-state index contributed by atoms with van der Waals surface area (Å²) in [6, 6.07) is 4.25. The van der Waals surface area contributed by atoms with Crippen LogP contribution < -0.4 is 5.32 Å². The fraction of sp³-hybridized carbons (Fsp3) is 0.667. The molecule has 0 aliphatic carbocycles. The van der Waals surface area contributed by atoms with Crippen molar-refractivity contribution in [2.45, 2.75) is 86.1 Å². The molecule has 0 bridgehead atoms. The van der Waals surface area contributed by atoms with E-state index in [0.29, 0.717) is 0 Å². The third-order valence-electron chi connectivity index (χ3n) is 4.36. The number of aromatic nitrogens is 2. The second-order valence-corrected chi connectivity index (χ2v) is 9.00. The smallest absolute Gasteiger partial charge is 0.141 e. The predicted molar refractivity (Wildman–Crippen MR) is 105 cm³/mol. The van der Waals surface area contributed by atoms with Crippen molar-refractivity contribution in [3.63, 3.8) is 0 Å². The molecule has 0 saturated heterocycles. The molecule has 0 atom stereocenters. The van der Waals surface area contributed by atoms with E-state index >= 15 is 0 Å². The lowest BCUT2D eigenvalue weighted by Crippen LogP contribution is -2.36. The lowest BCUT2D eigenvalue weighted by molar-refractivity contribution is 0.301. The Hall–Kier alpha value is -1.51. The van der Waals surface area contributed by atoms with Crippen molar-refractivity contribution in [2.24, 2.45) is 5.41 Å². The number of unbranched alkanes of at least 4 members (excludes halogenated alkanes) is 2. The molecule has 0 saturated carbocycles. The van der Waals surface area contributed by atoms with Crippen LogP contribution in [0.4, 0.5) is 5.82 Å². The molecule has 0 spiro atoms. The molecule has 0 fully saturated rings. The zero-order chi connectivity index (χ0) is 18.0. The number of nitrogens with zero attached hydrogens (tertiary/aromatic N) is 2. The maximum absolute atomic E-state index is 4.97. The molecule has 0 radical (unpaired) electrons. The molecule has 2 aromatic heterocycles. The van der Waals surface area contributed by atoms with E-state index in [4.69, 9.17) is 4.98 Å². The first-order valence-corrected chi connectivity index (χ1v) is 9.38. The first-order chi connectivity index (χ1) is 11.1. The zero-order valence-electron chi connectivity index (χ0n) is 16.7. The summed E-state index contributed by atoms with van der Waals surface area (Å²) in [5.74, 6) is 1.18. The molecule has 24 heavy (non-hydrogen) atoms. The lowest BCUT2D eigenvalue weighted by Gasteiger charge is -2.34. The van der Waals surface area contributed by atoms with Crippen LogP contribution in [-0.2, 0) is 6.42 Å². The molecule has 3 heteroatoms. The third kappa shape index (κ3) is 4.75. The Morgan fingerprint density at radius 3 is 2.46 bits per heavy atom. The largest absolute Gasteiger partial charge is 0.365 e. The van der Waals surface area contributed by atoms with Gasteiger partial charge in [-0.05, 0) is 57.1 Å². The molecular formula is C21H35N3.